The van der Waals surface area contributed by atoms with Crippen molar-refractivity contribution in [2.45, 2.75) is 25.7 Å². The van der Waals surface area contributed by atoms with Gasteiger partial charge in [0.2, 0.25) is 11.8 Å². The predicted molar refractivity (Wildman–Crippen MR) is 147 cm³/mol. The minimum atomic E-state index is -0.256. The van der Waals surface area contributed by atoms with E-state index in [1.165, 1.54) is 5.56 Å². The van der Waals surface area contributed by atoms with Crippen LogP contribution in [0.25, 0.3) is 16.9 Å². The summed E-state index contributed by atoms with van der Waals surface area (Å²) in [4.78, 5) is 28.2. The number of carbonyl (C=O) groups is 2. The second-order valence-corrected chi connectivity index (χ2v) is 9.77. The Morgan fingerprint density at radius 3 is 2.35 bits per heavy atom. The number of hydrogen-bond acceptors (Lipinski definition) is 3. The Hall–Kier alpha value is -3.90. The van der Waals surface area contributed by atoms with Gasteiger partial charge in [-0.3, -0.25) is 9.59 Å². The SMILES string of the molecule is CCCN(CC(=O)Nc1cc(-c2ccccc2)nn1-c1ccc(Cl)cc1)C(=O)C1CC1c1ccccc1. The maximum absolute atomic E-state index is 13.3. The van der Waals surface area contributed by atoms with Gasteiger partial charge >= 0.3 is 0 Å². The van der Waals surface area contributed by atoms with Crippen LogP contribution in [0, 0.1) is 5.92 Å². The van der Waals surface area contributed by atoms with E-state index in [1.807, 2.05) is 73.7 Å². The summed E-state index contributed by atoms with van der Waals surface area (Å²) in [7, 11) is 0. The van der Waals surface area contributed by atoms with Crippen molar-refractivity contribution in [3.8, 4) is 16.9 Å². The molecule has 0 bridgehead atoms. The van der Waals surface area contributed by atoms with E-state index in [-0.39, 0.29) is 30.2 Å². The summed E-state index contributed by atoms with van der Waals surface area (Å²) in [5, 5.41) is 8.36. The molecule has 37 heavy (non-hydrogen) atoms. The molecular formula is C30H29ClN4O2. The molecule has 0 spiro atoms. The van der Waals surface area contributed by atoms with Gasteiger partial charge in [0.05, 0.1) is 17.9 Å². The van der Waals surface area contributed by atoms with Crippen molar-refractivity contribution in [2.24, 2.45) is 5.92 Å². The fraction of sp³-hybridized carbons (Fsp3) is 0.233. The summed E-state index contributed by atoms with van der Waals surface area (Å²) < 4.78 is 1.69. The fourth-order valence-electron chi connectivity index (χ4n) is 4.66. The van der Waals surface area contributed by atoms with Gasteiger partial charge in [0, 0.05) is 29.1 Å². The van der Waals surface area contributed by atoms with Crippen LogP contribution in [0.4, 0.5) is 5.82 Å². The quantitative estimate of drug-likeness (QED) is 0.291. The minimum Gasteiger partial charge on any atom is -0.333 e. The predicted octanol–water partition coefficient (Wildman–Crippen LogP) is 6.17. The standard InChI is InChI=1S/C30H29ClN4O2/c1-2-17-34(30(37)26-18-25(26)21-9-5-3-6-10-21)20-29(36)32-28-19-27(22-11-7-4-8-12-22)33-35(28)24-15-13-23(31)14-16-24/h3-16,19,25-26H,2,17-18,20H2,1H3,(H,32,36). The Balaban J connectivity index is 1.34. The van der Waals surface area contributed by atoms with Gasteiger partial charge in [-0.05, 0) is 48.6 Å². The summed E-state index contributed by atoms with van der Waals surface area (Å²) in [5.41, 5.74) is 3.62. The van der Waals surface area contributed by atoms with Crippen molar-refractivity contribution in [3.63, 3.8) is 0 Å². The van der Waals surface area contributed by atoms with Gasteiger partial charge in [-0.2, -0.15) is 5.10 Å². The normalized spacial score (nSPS) is 16.3. The van der Waals surface area contributed by atoms with Crippen molar-refractivity contribution in [1.82, 2.24) is 14.7 Å². The van der Waals surface area contributed by atoms with E-state index in [4.69, 9.17) is 16.7 Å². The monoisotopic (exact) mass is 512 g/mol. The molecule has 2 unspecified atom stereocenters. The zero-order valence-electron chi connectivity index (χ0n) is 20.7. The van der Waals surface area contributed by atoms with E-state index >= 15 is 0 Å². The Bertz CT molecular complexity index is 1370. The van der Waals surface area contributed by atoms with E-state index in [0.717, 1.165) is 29.8 Å². The summed E-state index contributed by atoms with van der Waals surface area (Å²) in [6.45, 7) is 2.55. The van der Waals surface area contributed by atoms with E-state index < -0.39 is 0 Å². The van der Waals surface area contributed by atoms with Crippen LogP contribution in [-0.4, -0.2) is 39.6 Å². The molecule has 2 amide bonds. The average molecular weight is 513 g/mol. The zero-order chi connectivity index (χ0) is 25.8. The molecular weight excluding hydrogens is 484 g/mol. The first-order valence-electron chi connectivity index (χ1n) is 12.6. The minimum absolute atomic E-state index is 0.00283. The van der Waals surface area contributed by atoms with Crippen LogP contribution in [0.3, 0.4) is 0 Å². The Kier molecular flexibility index (Phi) is 7.37. The molecule has 1 aliphatic carbocycles. The lowest BCUT2D eigenvalue weighted by Gasteiger charge is -2.22. The number of aromatic nitrogens is 2. The highest BCUT2D eigenvalue weighted by atomic mass is 35.5. The second-order valence-electron chi connectivity index (χ2n) is 9.34. The van der Waals surface area contributed by atoms with E-state index in [0.29, 0.717) is 17.4 Å². The van der Waals surface area contributed by atoms with Crippen LogP contribution in [0.15, 0.2) is 91.0 Å². The third kappa shape index (κ3) is 5.75. The molecule has 2 atom stereocenters. The molecule has 0 radical (unpaired) electrons. The van der Waals surface area contributed by atoms with Gasteiger partial charge in [0.15, 0.2) is 0 Å². The zero-order valence-corrected chi connectivity index (χ0v) is 21.4. The number of hydrogen-bond donors (Lipinski definition) is 1. The molecule has 1 aliphatic rings. The molecule has 6 nitrogen and oxygen atoms in total. The second kappa shape index (κ2) is 11.0. The van der Waals surface area contributed by atoms with Crippen molar-refractivity contribution >= 4 is 29.2 Å². The van der Waals surface area contributed by atoms with Crippen LogP contribution >= 0.6 is 11.6 Å². The Morgan fingerprint density at radius 2 is 1.68 bits per heavy atom. The summed E-state index contributed by atoms with van der Waals surface area (Å²) in [6.07, 6.45) is 1.61. The van der Waals surface area contributed by atoms with Crippen molar-refractivity contribution in [3.05, 3.63) is 102 Å². The van der Waals surface area contributed by atoms with Crippen molar-refractivity contribution in [1.29, 1.82) is 0 Å². The van der Waals surface area contributed by atoms with Gasteiger partial charge in [0.1, 0.15) is 5.82 Å². The number of rotatable bonds is 9. The summed E-state index contributed by atoms with van der Waals surface area (Å²) in [5.74, 6) is 0.487. The van der Waals surface area contributed by atoms with Crippen LogP contribution in [-0.2, 0) is 9.59 Å². The first kappa shape index (κ1) is 24.8. The molecule has 1 N–H and O–H groups in total. The third-order valence-corrected chi connectivity index (χ3v) is 6.84. The van der Waals surface area contributed by atoms with Gasteiger partial charge in [-0.25, -0.2) is 4.68 Å². The van der Waals surface area contributed by atoms with Crippen LogP contribution in [0.5, 0.6) is 0 Å². The van der Waals surface area contributed by atoms with E-state index in [1.54, 1.807) is 21.7 Å². The maximum atomic E-state index is 13.3. The fourth-order valence-corrected chi connectivity index (χ4v) is 4.79. The molecule has 5 rings (SSSR count). The lowest BCUT2D eigenvalue weighted by molar-refractivity contribution is -0.136. The molecule has 1 heterocycles. The largest absolute Gasteiger partial charge is 0.333 e. The molecule has 0 aliphatic heterocycles. The topological polar surface area (TPSA) is 67.2 Å². The first-order valence-corrected chi connectivity index (χ1v) is 13.0. The number of nitrogens with one attached hydrogen (secondary N) is 1. The molecule has 4 aromatic rings. The summed E-state index contributed by atoms with van der Waals surface area (Å²) >= 11 is 6.08. The molecule has 0 saturated heterocycles. The van der Waals surface area contributed by atoms with Gasteiger partial charge < -0.3 is 10.2 Å². The van der Waals surface area contributed by atoms with Crippen LogP contribution in [0.1, 0.15) is 31.2 Å². The van der Waals surface area contributed by atoms with Gasteiger partial charge in [-0.1, -0.05) is 79.2 Å². The molecule has 7 heteroatoms. The number of carbonyl (C=O) groups excluding carboxylic acids is 2. The van der Waals surface area contributed by atoms with E-state index in [9.17, 15) is 9.59 Å². The van der Waals surface area contributed by atoms with Gasteiger partial charge in [0.25, 0.3) is 0 Å². The highest BCUT2D eigenvalue weighted by Crippen LogP contribution is 2.48. The molecule has 1 fully saturated rings. The Labute approximate surface area is 221 Å². The number of benzene rings is 3. The number of nitrogens with zero attached hydrogens (tertiary/aromatic N) is 3. The average Bonchev–Trinajstić information content (AvgIpc) is 3.62. The number of anilines is 1. The lowest BCUT2D eigenvalue weighted by Crippen LogP contribution is -2.39. The van der Waals surface area contributed by atoms with Crippen molar-refractivity contribution < 1.29 is 9.59 Å². The van der Waals surface area contributed by atoms with E-state index in [2.05, 4.69) is 17.4 Å². The third-order valence-electron chi connectivity index (χ3n) is 6.59. The molecule has 1 saturated carbocycles. The van der Waals surface area contributed by atoms with Crippen LogP contribution < -0.4 is 5.32 Å². The molecule has 188 valence electrons. The van der Waals surface area contributed by atoms with Crippen molar-refractivity contribution in [2.75, 3.05) is 18.4 Å². The maximum Gasteiger partial charge on any atom is 0.245 e. The Morgan fingerprint density at radius 1 is 1.00 bits per heavy atom. The van der Waals surface area contributed by atoms with Gasteiger partial charge in [-0.15, -0.1) is 0 Å². The number of amides is 2. The molecule has 3 aromatic carbocycles. The van der Waals surface area contributed by atoms with Crippen LogP contribution in [0.2, 0.25) is 5.02 Å². The summed E-state index contributed by atoms with van der Waals surface area (Å²) in [6, 6.07) is 29.0. The lowest BCUT2D eigenvalue weighted by atomic mass is 10.1. The first-order chi connectivity index (χ1) is 18.0. The highest BCUT2D eigenvalue weighted by Gasteiger charge is 2.45. The number of halogens is 1. The smallest absolute Gasteiger partial charge is 0.245 e. The highest BCUT2D eigenvalue weighted by molar-refractivity contribution is 6.30. The molecule has 1 aromatic heterocycles.